The summed E-state index contributed by atoms with van der Waals surface area (Å²) in [5, 5.41) is 8.93. The van der Waals surface area contributed by atoms with Crippen molar-refractivity contribution in [1.29, 1.82) is 0 Å². The first-order chi connectivity index (χ1) is 11.9. The molecule has 0 aromatic carbocycles. The van der Waals surface area contributed by atoms with Crippen LogP contribution < -0.4 is 0 Å². The molecule has 3 aliphatic rings. The third kappa shape index (κ3) is 3.95. The smallest absolute Gasteiger partial charge is 0.332 e. The number of carboxylic acids is 1. The van der Waals surface area contributed by atoms with Crippen LogP contribution in [-0.2, 0) is 29.3 Å². The van der Waals surface area contributed by atoms with Crippen molar-refractivity contribution in [2.75, 3.05) is 52.5 Å². The maximum absolute atomic E-state index is 12.6. The maximum atomic E-state index is 12.6. The first-order valence-electron chi connectivity index (χ1n) is 8.39. The highest BCUT2D eigenvalue weighted by Gasteiger charge is 2.39. The summed E-state index contributed by atoms with van der Waals surface area (Å²) in [5.41, 5.74) is 0. The highest BCUT2D eigenvalue weighted by molar-refractivity contribution is 7.86. The van der Waals surface area contributed by atoms with Crippen LogP contribution in [-0.4, -0.2) is 104 Å². The van der Waals surface area contributed by atoms with Gasteiger partial charge in [0.25, 0.3) is 16.1 Å². The van der Waals surface area contributed by atoms with Crippen molar-refractivity contribution in [2.45, 2.75) is 25.0 Å². The van der Waals surface area contributed by atoms with Crippen LogP contribution in [0.5, 0.6) is 0 Å². The number of ether oxygens (including phenoxy) is 2. The van der Waals surface area contributed by atoms with Gasteiger partial charge in [-0.1, -0.05) is 0 Å². The number of nitrogens with zero attached hydrogens (tertiary/aromatic N) is 3. The van der Waals surface area contributed by atoms with Crippen LogP contribution in [0.15, 0.2) is 0 Å². The van der Waals surface area contributed by atoms with E-state index in [1.165, 1.54) is 8.61 Å². The van der Waals surface area contributed by atoms with Crippen molar-refractivity contribution in [2.24, 2.45) is 0 Å². The quantitative estimate of drug-likeness (QED) is 0.623. The van der Waals surface area contributed by atoms with Crippen molar-refractivity contribution >= 4 is 22.1 Å². The monoisotopic (exact) mass is 377 g/mol. The molecule has 2 atom stereocenters. The summed E-state index contributed by atoms with van der Waals surface area (Å²) in [6, 6.07) is 0. The van der Waals surface area contributed by atoms with Gasteiger partial charge in [0.2, 0.25) is 0 Å². The minimum absolute atomic E-state index is 0.223. The van der Waals surface area contributed by atoms with E-state index < -0.39 is 28.4 Å². The minimum Gasteiger partial charge on any atom is -0.479 e. The van der Waals surface area contributed by atoms with Crippen molar-refractivity contribution in [3.05, 3.63) is 0 Å². The zero-order valence-electron chi connectivity index (χ0n) is 13.9. The van der Waals surface area contributed by atoms with Gasteiger partial charge in [-0.3, -0.25) is 4.79 Å². The third-order valence-electron chi connectivity index (χ3n) is 4.74. The Balaban J connectivity index is 1.53. The number of hydrogen-bond acceptors (Lipinski definition) is 6. The summed E-state index contributed by atoms with van der Waals surface area (Å²) in [6.07, 6.45) is -0.986. The number of carbonyl (C=O) groups is 2. The molecule has 0 radical (unpaired) electrons. The summed E-state index contributed by atoms with van der Waals surface area (Å²) in [4.78, 5) is 24.9. The molecule has 3 aliphatic heterocycles. The maximum Gasteiger partial charge on any atom is 0.332 e. The normalized spacial score (nSPS) is 29.7. The average Bonchev–Trinajstić information content (AvgIpc) is 3.12. The lowest BCUT2D eigenvalue weighted by Gasteiger charge is -2.38. The fourth-order valence-electron chi connectivity index (χ4n) is 3.28. The SMILES string of the molecule is O=C(O)[C@H]1CC[C@@H](C(=O)N2CCN(S(=O)(=O)N3CCOCC3)CC2)O1. The topological polar surface area (TPSA) is 117 Å². The van der Waals surface area contributed by atoms with Crippen LogP contribution in [0.25, 0.3) is 0 Å². The summed E-state index contributed by atoms with van der Waals surface area (Å²) >= 11 is 0. The standard InChI is InChI=1S/C14H23N3O7S/c18-13(11-1-2-12(24-11)14(19)20)15-3-5-16(6-4-15)25(21,22)17-7-9-23-10-8-17/h11-12H,1-10H2,(H,19,20)/t11-,12+/m0/s1. The Kier molecular flexibility index (Phi) is 5.58. The van der Waals surface area contributed by atoms with Crippen molar-refractivity contribution in [3.63, 3.8) is 0 Å². The fourth-order valence-corrected chi connectivity index (χ4v) is 4.85. The number of carboxylic acid groups (broad SMARTS) is 1. The van der Waals surface area contributed by atoms with Crippen LogP contribution in [0.2, 0.25) is 0 Å². The van der Waals surface area contributed by atoms with Crippen LogP contribution in [0.1, 0.15) is 12.8 Å². The highest BCUT2D eigenvalue weighted by atomic mass is 32.2. The molecule has 0 unspecified atom stereocenters. The molecular weight excluding hydrogens is 354 g/mol. The number of rotatable bonds is 4. The van der Waals surface area contributed by atoms with Gasteiger partial charge in [-0.05, 0) is 12.8 Å². The molecule has 3 saturated heterocycles. The number of amides is 1. The molecule has 11 heteroatoms. The van der Waals surface area contributed by atoms with Crippen molar-refractivity contribution in [3.8, 4) is 0 Å². The number of piperazine rings is 1. The highest BCUT2D eigenvalue weighted by Crippen LogP contribution is 2.23. The molecule has 0 aromatic heterocycles. The van der Waals surface area contributed by atoms with Gasteiger partial charge >= 0.3 is 5.97 Å². The molecule has 0 aromatic rings. The Labute approximate surface area is 146 Å². The van der Waals surface area contributed by atoms with Gasteiger partial charge in [-0.25, -0.2) is 4.79 Å². The first kappa shape index (κ1) is 18.5. The average molecular weight is 377 g/mol. The zero-order valence-corrected chi connectivity index (χ0v) is 14.7. The lowest BCUT2D eigenvalue weighted by Crippen LogP contribution is -2.56. The predicted octanol–water partition coefficient (Wildman–Crippen LogP) is -1.66. The molecule has 1 amide bonds. The lowest BCUT2D eigenvalue weighted by molar-refractivity contribution is -0.155. The van der Waals surface area contributed by atoms with E-state index >= 15 is 0 Å². The summed E-state index contributed by atoms with van der Waals surface area (Å²) < 4.78 is 38.4. The number of hydrogen-bond donors (Lipinski definition) is 1. The molecule has 3 rings (SSSR count). The second-order valence-corrected chi connectivity index (χ2v) is 8.20. The van der Waals surface area contributed by atoms with Gasteiger partial charge in [-0.2, -0.15) is 17.0 Å². The fraction of sp³-hybridized carbons (Fsp3) is 0.857. The molecule has 25 heavy (non-hydrogen) atoms. The molecule has 3 fully saturated rings. The van der Waals surface area contributed by atoms with Gasteiger partial charge in [-0.15, -0.1) is 0 Å². The Hall–Kier alpha value is -1.27. The van der Waals surface area contributed by atoms with Gasteiger partial charge in [0.05, 0.1) is 13.2 Å². The van der Waals surface area contributed by atoms with E-state index in [1.54, 1.807) is 4.90 Å². The summed E-state index contributed by atoms with van der Waals surface area (Å²) in [7, 11) is -3.53. The molecule has 3 heterocycles. The van der Waals surface area contributed by atoms with E-state index in [9.17, 15) is 18.0 Å². The predicted molar refractivity (Wildman–Crippen MR) is 85.0 cm³/mol. The molecule has 0 aliphatic carbocycles. The Morgan fingerprint density at radius 2 is 1.44 bits per heavy atom. The second kappa shape index (κ2) is 7.54. The molecule has 0 bridgehead atoms. The molecule has 0 spiro atoms. The van der Waals surface area contributed by atoms with E-state index in [1.807, 2.05) is 0 Å². The number of carbonyl (C=O) groups excluding carboxylic acids is 1. The number of aliphatic carboxylic acids is 1. The van der Waals surface area contributed by atoms with Crippen LogP contribution in [0.4, 0.5) is 0 Å². The summed E-state index contributed by atoms with van der Waals surface area (Å²) in [6.45, 7) is 2.46. The van der Waals surface area contributed by atoms with E-state index in [2.05, 4.69) is 0 Å². The Morgan fingerprint density at radius 3 is 2.00 bits per heavy atom. The first-order valence-corrected chi connectivity index (χ1v) is 9.79. The van der Waals surface area contributed by atoms with Crippen molar-refractivity contribution in [1.82, 2.24) is 13.5 Å². The molecule has 142 valence electrons. The largest absolute Gasteiger partial charge is 0.479 e. The third-order valence-corrected chi connectivity index (χ3v) is 6.78. The van der Waals surface area contributed by atoms with E-state index in [4.69, 9.17) is 14.6 Å². The Morgan fingerprint density at radius 1 is 0.880 bits per heavy atom. The molecule has 10 nitrogen and oxygen atoms in total. The van der Waals surface area contributed by atoms with E-state index in [-0.39, 0.29) is 32.1 Å². The van der Waals surface area contributed by atoms with E-state index in [0.717, 1.165) is 0 Å². The molecular formula is C14H23N3O7S. The van der Waals surface area contributed by atoms with Crippen LogP contribution >= 0.6 is 0 Å². The number of morpholine rings is 1. The van der Waals surface area contributed by atoms with Crippen molar-refractivity contribution < 1.29 is 32.6 Å². The molecule has 0 saturated carbocycles. The Bertz CT molecular complexity index is 612. The summed E-state index contributed by atoms with van der Waals surface area (Å²) in [5.74, 6) is -1.32. The van der Waals surface area contributed by atoms with Crippen LogP contribution in [0, 0.1) is 0 Å². The second-order valence-electron chi connectivity index (χ2n) is 6.27. The van der Waals surface area contributed by atoms with Gasteiger partial charge in [0, 0.05) is 39.3 Å². The van der Waals surface area contributed by atoms with Gasteiger partial charge in [0.1, 0.15) is 6.10 Å². The zero-order chi connectivity index (χ0) is 18.0. The van der Waals surface area contributed by atoms with Gasteiger partial charge in [0.15, 0.2) is 6.10 Å². The lowest BCUT2D eigenvalue weighted by atomic mass is 10.1. The van der Waals surface area contributed by atoms with E-state index in [0.29, 0.717) is 39.1 Å². The van der Waals surface area contributed by atoms with Crippen LogP contribution in [0.3, 0.4) is 0 Å². The molecule has 1 N–H and O–H groups in total. The minimum atomic E-state index is -3.53. The van der Waals surface area contributed by atoms with Gasteiger partial charge < -0.3 is 19.5 Å².